The molecule has 1 unspecified atom stereocenters. The maximum atomic E-state index is 5.85. The smallest absolute Gasteiger partial charge is 0.0692 e. The first kappa shape index (κ1) is 10.5. The first-order valence-corrected chi connectivity index (χ1v) is 6.07. The molecular weight excluding hydrogens is 210 g/mol. The summed E-state index contributed by atoms with van der Waals surface area (Å²) in [6.07, 6.45) is 9.66. The van der Waals surface area contributed by atoms with E-state index in [1.165, 1.54) is 27.3 Å². The minimum Gasteiger partial charge on any atom is -0.326 e. The van der Waals surface area contributed by atoms with Gasteiger partial charge in [0.1, 0.15) is 0 Å². The fourth-order valence-corrected chi connectivity index (χ4v) is 2.58. The Morgan fingerprint density at radius 3 is 3.12 bits per heavy atom. The normalized spacial score (nSPS) is 19.1. The van der Waals surface area contributed by atoms with Crippen LogP contribution >= 0.6 is 0 Å². The summed E-state index contributed by atoms with van der Waals surface area (Å²) < 4.78 is 2.02. The third kappa shape index (κ3) is 1.58. The van der Waals surface area contributed by atoms with Crippen molar-refractivity contribution in [2.45, 2.75) is 32.9 Å². The molecule has 1 aromatic rings. The summed E-state index contributed by atoms with van der Waals surface area (Å²) in [6.45, 7) is 4.95. The zero-order valence-corrected chi connectivity index (χ0v) is 10.3. The molecule has 88 valence electrons. The topological polar surface area (TPSA) is 43.8 Å². The molecule has 0 bridgehead atoms. The van der Waals surface area contributed by atoms with E-state index < -0.39 is 0 Å². The number of hydrogen-bond donors (Lipinski definition) is 1. The van der Waals surface area contributed by atoms with Gasteiger partial charge in [-0.05, 0) is 43.1 Å². The summed E-state index contributed by atoms with van der Waals surface area (Å²) in [4.78, 5) is 0. The predicted octanol–water partition coefficient (Wildman–Crippen LogP) is 0.451. The van der Waals surface area contributed by atoms with Crippen molar-refractivity contribution in [3.63, 3.8) is 0 Å². The minimum atomic E-state index is 0.133. The molecule has 0 saturated heterocycles. The van der Waals surface area contributed by atoms with E-state index in [9.17, 15) is 0 Å². The second kappa shape index (κ2) is 3.70. The molecule has 3 nitrogen and oxygen atoms in total. The van der Waals surface area contributed by atoms with Gasteiger partial charge in [-0.2, -0.15) is 5.10 Å². The van der Waals surface area contributed by atoms with Crippen molar-refractivity contribution in [2.75, 3.05) is 0 Å². The summed E-state index contributed by atoms with van der Waals surface area (Å²) in [5.74, 6) is 0. The fourth-order valence-electron chi connectivity index (χ4n) is 2.58. The SMILES string of the molecule is CC1=C2C=c3c(cnn3CC(C)N)=C2CC=C1. The Balaban J connectivity index is 2.20. The monoisotopic (exact) mass is 227 g/mol. The lowest BCUT2D eigenvalue weighted by atomic mass is 9.95. The zero-order valence-electron chi connectivity index (χ0n) is 10.3. The van der Waals surface area contributed by atoms with Crippen LogP contribution in [0.25, 0.3) is 11.6 Å². The van der Waals surface area contributed by atoms with Crippen molar-refractivity contribution in [3.05, 3.63) is 40.1 Å². The largest absolute Gasteiger partial charge is 0.326 e. The molecule has 17 heavy (non-hydrogen) atoms. The zero-order chi connectivity index (χ0) is 12.0. The Bertz CT molecular complexity index is 641. The van der Waals surface area contributed by atoms with E-state index in [4.69, 9.17) is 5.73 Å². The van der Waals surface area contributed by atoms with Gasteiger partial charge in [-0.15, -0.1) is 0 Å². The quantitative estimate of drug-likeness (QED) is 0.797. The van der Waals surface area contributed by atoms with Gasteiger partial charge in [0.05, 0.1) is 18.1 Å². The van der Waals surface area contributed by atoms with Crippen molar-refractivity contribution in [1.82, 2.24) is 9.78 Å². The summed E-state index contributed by atoms with van der Waals surface area (Å²) in [5, 5.41) is 6.93. The number of nitrogens with two attached hydrogens (primary N) is 1. The van der Waals surface area contributed by atoms with E-state index in [0.29, 0.717) is 0 Å². The molecule has 3 heteroatoms. The molecule has 1 aromatic heterocycles. The van der Waals surface area contributed by atoms with Crippen molar-refractivity contribution in [2.24, 2.45) is 5.73 Å². The van der Waals surface area contributed by atoms with Gasteiger partial charge in [-0.1, -0.05) is 12.2 Å². The average molecular weight is 227 g/mol. The van der Waals surface area contributed by atoms with Crippen LogP contribution in [-0.4, -0.2) is 15.8 Å². The van der Waals surface area contributed by atoms with Crippen molar-refractivity contribution in [3.8, 4) is 0 Å². The Labute approximate surface area is 101 Å². The van der Waals surface area contributed by atoms with E-state index in [-0.39, 0.29) is 6.04 Å². The van der Waals surface area contributed by atoms with Gasteiger partial charge in [0, 0.05) is 11.3 Å². The molecule has 2 aliphatic carbocycles. The number of hydrogen-bond acceptors (Lipinski definition) is 2. The highest BCUT2D eigenvalue weighted by Crippen LogP contribution is 2.27. The van der Waals surface area contributed by atoms with Gasteiger partial charge in [0.15, 0.2) is 0 Å². The molecule has 1 heterocycles. The van der Waals surface area contributed by atoms with Crippen LogP contribution in [-0.2, 0) is 6.54 Å². The van der Waals surface area contributed by atoms with Gasteiger partial charge in [-0.25, -0.2) is 0 Å². The minimum absolute atomic E-state index is 0.133. The van der Waals surface area contributed by atoms with Crippen LogP contribution < -0.4 is 16.3 Å². The second-order valence-electron chi connectivity index (χ2n) is 4.93. The van der Waals surface area contributed by atoms with E-state index in [2.05, 4.69) is 30.3 Å². The molecule has 1 atom stereocenters. The highest BCUT2D eigenvalue weighted by Gasteiger charge is 2.17. The van der Waals surface area contributed by atoms with Crippen molar-refractivity contribution < 1.29 is 0 Å². The Morgan fingerprint density at radius 2 is 2.35 bits per heavy atom. The van der Waals surface area contributed by atoms with Crippen molar-refractivity contribution >= 4 is 11.6 Å². The van der Waals surface area contributed by atoms with E-state index in [0.717, 1.165) is 13.0 Å². The molecule has 0 saturated carbocycles. The number of fused-ring (bicyclic) bond motifs is 2. The van der Waals surface area contributed by atoms with Gasteiger partial charge < -0.3 is 5.73 Å². The number of nitrogens with zero attached hydrogens (tertiary/aromatic N) is 2. The Kier molecular flexibility index (Phi) is 2.30. The van der Waals surface area contributed by atoms with Crippen LogP contribution in [0.2, 0.25) is 0 Å². The Hall–Kier alpha value is -1.61. The highest BCUT2D eigenvalue weighted by molar-refractivity contribution is 5.85. The average Bonchev–Trinajstić information content (AvgIpc) is 2.80. The summed E-state index contributed by atoms with van der Waals surface area (Å²) in [5.41, 5.74) is 9.97. The van der Waals surface area contributed by atoms with Gasteiger partial charge in [-0.3, -0.25) is 4.68 Å². The lowest BCUT2D eigenvalue weighted by molar-refractivity contribution is 0.527. The number of allylic oxidation sites excluding steroid dienone is 4. The van der Waals surface area contributed by atoms with E-state index in [1.807, 2.05) is 17.8 Å². The van der Waals surface area contributed by atoms with E-state index >= 15 is 0 Å². The molecule has 3 rings (SSSR count). The van der Waals surface area contributed by atoms with Gasteiger partial charge in [0.25, 0.3) is 0 Å². The number of aromatic nitrogens is 2. The molecular formula is C14H17N3. The molecule has 2 N–H and O–H groups in total. The molecule has 0 spiro atoms. The summed E-state index contributed by atoms with van der Waals surface area (Å²) in [7, 11) is 0. The fraction of sp³-hybridized carbons (Fsp3) is 0.357. The van der Waals surface area contributed by atoms with E-state index in [1.54, 1.807) is 0 Å². The number of rotatable bonds is 2. The third-order valence-corrected chi connectivity index (χ3v) is 3.39. The lowest BCUT2D eigenvalue weighted by Crippen LogP contribution is -2.33. The molecule has 0 radical (unpaired) electrons. The maximum absolute atomic E-state index is 5.85. The second-order valence-corrected chi connectivity index (χ2v) is 4.93. The van der Waals surface area contributed by atoms with Crippen LogP contribution in [0.4, 0.5) is 0 Å². The van der Waals surface area contributed by atoms with Crippen LogP contribution in [0.15, 0.2) is 29.5 Å². The van der Waals surface area contributed by atoms with Crippen LogP contribution in [0, 0.1) is 0 Å². The maximum Gasteiger partial charge on any atom is 0.0692 e. The van der Waals surface area contributed by atoms with Crippen LogP contribution in [0.3, 0.4) is 0 Å². The first-order valence-electron chi connectivity index (χ1n) is 6.07. The molecule has 2 aliphatic rings. The first-order chi connectivity index (χ1) is 8.16. The van der Waals surface area contributed by atoms with Crippen molar-refractivity contribution in [1.29, 1.82) is 0 Å². The van der Waals surface area contributed by atoms with Crippen LogP contribution in [0.1, 0.15) is 20.3 Å². The molecule has 0 amide bonds. The molecule has 0 fully saturated rings. The third-order valence-electron chi connectivity index (χ3n) is 3.39. The lowest BCUT2D eigenvalue weighted by Gasteiger charge is -2.10. The molecule has 0 aliphatic heterocycles. The standard InChI is InChI=1S/C14H17N3/c1-9-4-3-5-11-12(9)6-14-13(11)7-16-17(14)8-10(2)15/h3-4,6-7,10H,5,8,15H2,1-2H3. The highest BCUT2D eigenvalue weighted by atomic mass is 15.3. The summed E-state index contributed by atoms with van der Waals surface area (Å²) in [6, 6.07) is 0.133. The van der Waals surface area contributed by atoms with Gasteiger partial charge >= 0.3 is 0 Å². The van der Waals surface area contributed by atoms with Crippen LogP contribution in [0.5, 0.6) is 0 Å². The van der Waals surface area contributed by atoms with Gasteiger partial charge in [0.2, 0.25) is 0 Å². The predicted molar refractivity (Wildman–Crippen MR) is 69.5 cm³/mol. The summed E-state index contributed by atoms with van der Waals surface area (Å²) >= 11 is 0. The molecule has 0 aromatic carbocycles. The Morgan fingerprint density at radius 1 is 1.53 bits per heavy atom.